The van der Waals surface area contributed by atoms with Crippen LogP contribution in [0.4, 0.5) is 0 Å². The van der Waals surface area contributed by atoms with E-state index in [0.29, 0.717) is 5.92 Å². The van der Waals surface area contributed by atoms with E-state index in [-0.39, 0.29) is 0 Å². The van der Waals surface area contributed by atoms with Gasteiger partial charge in [-0.25, -0.2) is 0 Å². The summed E-state index contributed by atoms with van der Waals surface area (Å²) in [5.41, 5.74) is 2.68. The SMILES string of the molecule is [CH]NCCC(c1ccccc1)c1ccccc1. The first-order valence-corrected chi connectivity index (χ1v) is 5.95. The lowest BCUT2D eigenvalue weighted by atomic mass is 9.88. The molecule has 0 aliphatic heterocycles. The predicted octanol–water partition coefficient (Wildman–Crippen LogP) is 3.47. The van der Waals surface area contributed by atoms with Crippen molar-refractivity contribution >= 4 is 0 Å². The van der Waals surface area contributed by atoms with E-state index in [1.807, 2.05) is 12.1 Å². The Kier molecular flexibility index (Phi) is 4.34. The zero-order chi connectivity index (χ0) is 11.9. The van der Waals surface area contributed by atoms with Gasteiger partial charge in [0, 0.05) is 13.0 Å². The fraction of sp³-hybridized carbons (Fsp3) is 0.188. The maximum Gasteiger partial charge on any atom is 0.0407 e. The lowest BCUT2D eigenvalue weighted by molar-refractivity contribution is 0.677. The summed E-state index contributed by atoms with van der Waals surface area (Å²) in [6, 6.07) is 21.1. The molecule has 17 heavy (non-hydrogen) atoms. The molecule has 0 atom stereocenters. The van der Waals surface area contributed by atoms with E-state index in [2.05, 4.69) is 53.8 Å². The molecular weight excluding hydrogens is 206 g/mol. The van der Waals surface area contributed by atoms with Crippen molar-refractivity contribution in [2.75, 3.05) is 6.54 Å². The van der Waals surface area contributed by atoms with Gasteiger partial charge >= 0.3 is 0 Å². The van der Waals surface area contributed by atoms with E-state index in [0.717, 1.165) is 13.0 Å². The molecule has 0 fully saturated rings. The predicted molar refractivity (Wildman–Crippen MR) is 71.6 cm³/mol. The first kappa shape index (κ1) is 11.9. The number of rotatable bonds is 5. The summed E-state index contributed by atoms with van der Waals surface area (Å²) in [6.07, 6.45) is 1.00. The Morgan fingerprint density at radius 1 is 0.824 bits per heavy atom. The van der Waals surface area contributed by atoms with Crippen molar-refractivity contribution in [1.82, 2.24) is 5.32 Å². The quantitative estimate of drug-likeness (QED) is 0.765. The maximum absolute atomic E-state index is 5.38. The molecule has 0 bridgehead atoms. The average Bonchev–Trinajstić information content (AvgIpc) is 2.42. The fourth-order valence-corrected chi connectivity index (χ4v) is 2.12. The molecule has 1 N–H and O–H groups in total. The molecular formula is C16H17N. The Hall–Kier alpha value is -1.60. The van der Waals surface area contributed by atoms with Crippen LogP contribution in [0.3, 0.4) is 0 Å². The Morgan fingerprint density at radius 3 is 1.71 bits per heavy atom. The Labute approximate surface area is 103 Å². The van der Waals surface area contributed by atoms with Gasteiger partial charge in [0.2, 0.25) is 0 Å². The van der Waals surface area contributed by atoms with Gasteiger partial charge in [0.05, 0.1) is 0 Å². The fourth-order valence-electron chi connectivity index (χ4n) is 2.12. The lowest BCUT2D eigenvalue weighted by Crippen LogP contribution is -2.11. The standard InChI is InChI=1S/C16H17N/c1-17-13-12-16(14-8-4-2-5-9-14)15-10-6-3-7-11-15/h1-11,16-17H,12-13H2. The van der Waals surface area contributed by atoms with E-state index >= 15 is 0 Å². The van der Waals surface area contributed by atoms with Gasteiger partial charge in [0.15, 0.2) is 0 Å². The highest BCUT2D eigenvalue weighted by Gasteiger charge is 2.12. The van der Waals surface area contributed by atoms with Crippen molar-refractivity contribution in [3.05, 3.63) is 78.8 Å². The van der Waals surface area contributed by atoms with Gasteiger partial charge in [-0.3, -0.25) is 0 Å². The van der Waals surface area contributed by atoms with E-state index in [9.17, 15) is 0 Å². The zero-order valence-corrected chi connectivity index (χ0v) is 9.84. The van der Waals surface area contributed by atoms with Crippen molar-refractivity contribution in [3.8, 4) is 0 Å². The van der Waals surface area contributed by atoms with Gasteiger partial charge in [0.25, 0.3) is 0 Å². The average molecular weight is 223 g/mol. The Morgan fingerprint density at radius 2 is 1.29 bits per heavy atom. The molecule has 0 aromatic heterocycles. The molecule has 0 aliphatic carbocycles. The third-order valence-corrected chi connectivity index (χ3v) is 2.98. The highest BCUT2D eigenvalue weighted by atomic mass is 14.8. The van der Waals surface area contributed by atoms with Gasteiger partial charge in [-0.2, -0.15) is 0 Å². The second-order valence-corrected chi connectivity index (χ2v) is 4.12. The minimum Gasteiger partial charge on any atom is -0.311 e. The van der Waals surface area contributed by atoms with E-state index in [4.69, 9.17) is 7.05 Å². The molecule has 0 unspecified atom stereocenters. The summed E-state index contributed by atoms with van der Waals surface area (Å²) in [5, 5.41) is 2.74. The molecule has 0 aliphatic rings. The maximum atomic E-state index is 5.38. The lowest BCUT2D eigenvalue weighted by Gasteiger charge is -2.17. The van der Waals surface area contributed by atoms with Crippen molar-refractivity contribution in [2.24, 2.45) is 0 Å². The van der Waals surface area contributed by atoms with Crippen molar-refractivity contribution in [3.63, 3.8) is 0 Å². The third-order valence-electron chi connectivity index (χ3n) is 2.98. The number of benzene rings is 2. The van der Waals surface area contributed by atoms with Gasteiger partial charge in [-0.05, 0) is 24.1 Å². The third kappa shape index (κ3) is 3.18. The first-order chi connectivity index (χ1) is 8.42. The van der Waals surface area contributed by atoms with Gasteiger partial charge in [-0.1, -0.05) is 60.7 Å². The molecule has 0 amide bonds. The van der Waals surface area contributed by atoms with Crippen LogP contribution >= 0.6 is 0 Å². The van der Waals surface area contributed by atoms with Gasteiger partial charge in [0.1, 0.15) is 0 Å². The van der Waals surface area contributed by atoms with E-state index < -0.39 is 0 Å². The summed E-state index contributed by atoms with van der Waals surface area (Å²) in [6.45, 7) is 0.814. The molecule has 2 aromatic carbocycles. The van der Waals surface area contributed by atoms with E-state index in [1.54, 1.807) is 0 Å². The molecule has 0 saturated carbocycles. The largest absolute Gasteiger partial charge is 0.311 e. The summed E-state index contributed by atoms with van der Waals surface area (Å²) >= 11 is 0. The van der Waals surface area contributed by atoms with Crippen molar-refractivity contribution in [2.45, 2.75) is 12.3 Å². The van der Waals surface area contributed by atoms with Crippen LogP contribution in [0.5, 0.6) is 0 Å². The van der Waals surface area contributed by atoms with E-state index in [1.165, 1.54) is 11.1 Å². The van der Waals surface area contributed by atoms with Crippen molar-refractivity contribution in [1.29, 1.82) is 0 Å². The molecule has 2 aromatic rings. The van der Waals surface area contributed by atoms with Crippen LogP contribution in [0, 0.1) is 7.05 Å². The monoisotopic (exact) mass is 223 g/mol. The normalized spacial score (nSPS) is 10.7. The Balaban J connectivity index is 2.26. The van der Waals surface area contributed by atoms with Crippen LogP contribution in [0.25, 0.3) is 0 Å². The molecule has 0 heterocycles. The molecule has 1 nitrogen and oxygen atoms in total. The van der Waals surface area contributed by atoms with Crippen molar-refractivity contribution < 1.29 is 0 Å². The summed E-state index contributed by atoms with van der Waals surface area (Å²) < 4.78 is 0. The smallest absolute Gasteiger partial charge is 0.0407 e. The molecule has 2 radical (unpaired) electrons. The summed E-state index contributed by atoms with van der Waals surface area (Å²) in [4.78, 5) is 0. The van der Waals surface area contributed by atoms with Gasteiger partial charge < -0.3 is 5.32 Å². The minimum absolute atomic E-state index is 0.411. The summed E-state index contributed by atoms with van der Waals surface area (Å²) in [5.74, 6) is 0.411. The highest BCUT2D eigenvalue weighted by Crippen LogP contribution is 2.27. The second kappa shape index (κ2) is 6.21. The number of nitrogens with one attached hydrogen (secondary N) is 1. The number of hydrogen-bond acceptors (Lipinski definition) is 1. The molecule has 1 heteroatoms. The van der Waals surface area contributed by atoms with Gasteiger partial charge in [-0.15, -0.1) is 0 Å². The minimum atomic E-state index is 0.411. The molecule has 86 valence electrons. The van der Waals surface area contributed by atoms with Crippen LogP contribution in [0.1, 0.15) is 23.5 Å². The highest BCUT2D eigenvalue weighted by molar-refractivity contribution is 5.32. The Bertz CT molecular complexity index is 382. The van der Waals surface area contributed by atoms with Crippen LogP contribution in [-0.4, -0.2) is 6.54 Å². The first-order valence-electron chi connectivity index (χ1n) is 5.95. The van der Waals surface area contributed by atoms with Crippen LogP contribution in [-0.2, 0) is 0 Å². The zero-order valence-electron chi connectivity index (χ0n) is 9.84. The van der Waals surface area contributed by atoms with Crippen LogP contribution < -0.4 is 5.32 Å². The molecule has 0 saturated heterocycles. The van der Waals surface area contributed by atoms with Crippen LogP contribution in [0.2, 0.25) is 0 Å². The second-order valence-electron chi connectivity index (χ2n) is 4.12. The molecule has 2 rings (SSSR count). The van der Waals surface area contributed by atoms with Crippen LogP contribution in [0.15, 0.2) is 60.7 Å². The number of hydrogen-bond donors (Lipinski definition) is 1. The summed E-state index contributed by atoms with van der Waals surface area (Å²) in [7, 11) is 5.38. The molecule has 0 spiro atoms. The topological polar surface area (TPSA) is 12.0 Å².